The Morgan fingerprint density at radius 2 is 1.57 bits per heavy atom. The van der Waals surface area contributed by atoms with Gasteiger partial charge in [0.1, 0.15) is 0 Å². The van der Waals surface area contributed by atoms with E-state index in [0.717, 1.165) is 12.2 Å². The standard InChI is InChI=1S/C8H10O6/c1-12-6(9)3-4-7(10)14-5-8(11)13-2/h3-4H,5H2,1-2H3/b4-3+. The van der Waals surface area contributed by atoms with Crippen molar-refractivity contribution < 1.29 is 28.6 Å². The van der Waals surface area contributed by atoms with Crippen LogP contribution in [-0.4, -0.2) is 38.7 Å². The van der Waals surface area contributed by atoms with Crippen molar-refractivity contribution in [2.75, 3.05) is 20.8 Å². The van der Waals surface area contributed by atoms with Crippen LogP contribution in [0, 0.1) is 0 Å². The van der Waals surface area contributed by atoms with Crippen LogP contribution in [0.3, 0.4) is 0 Å². The number of carbonyl (C=O) groups is 3. The van der Waals surface area contributed by atoms with Crippen LogP contribution in [0.4, 0.5) is 0 Å². The van der Waals surface area contributed by atoms with Gasteiger partial charge in [-0.05, 0) is 0 Å². The minimum absolute atomic E-state index is 0.485. The smallest absolute Gasteiger partial charge is 0.344 e. The lowest BCUT2D eigenvalue weighted by Crippen LogP contribution is -2.13. The second-order valence-corrected chi connectivity index (χ2v) is 2.04. The Morgan fingerprint density at radius 1 is 1.00 bits per heavy atom. The predicted octanol–water partition coefficient (Wildman–Crippen LogP) is -0.568. The van der Waals surface area contributed by atoms with E-state index in [1.807, 2.05) is 0 Å². The average Bonchev–Trinajstić information content (AvgIpc) is 2.22. The molecule has 14 heavy (non-hydrogen) atoms. The minimum Gasteiger partial charge on any atom is -0.466 e. The number of hydrogen-bond acceptors (Lipinski definition) is 6. The summed E-state index contributed by atoms with van der Waals surface area (Å²) in [6.07, 6.45) is 1.74. The van der Waals surface area contributed by atoms with Crippen molar-refractivity contribution in [3.05, 3.63) is 12.2 Å². The predicted molar refractivity (Wildman–Crippen MR) is 44.1 cm³/mol. The Bertz CT molecular complexity index is 255. The molecule has 0 heterocycles. The Kier molecular flexibility index (Phi) is 5.77. The number of ether oxygens (including phenoxy) is 3. The van der Waals surface area contributed by atoms with E-state index in [1.54, 1.807) is 0 Å². The van der Waals surface area contributed by atoms with Crippen molar-refractivity contribution >= 4 is 17.9 Å². The summed E-state index contributed by atoms with van der Waals surface area (Å²) >= 11 is 0. The molecule has 0 spiro atoms. The molecule has 0 amide bonds. The van der Waals surface area contributed by atoms with E-state index in [4.69, 9.17) is 0 Å². The molecule has 0 bridgehead atoms. The van der Waals surface area contributed by atoms with Gasteiger partial charge >= 0.3 is 17.9 Å². The molecule has 0 atom stereocenters. The quantitative estimate of drug-likeness (QED) is 0.345. The summed E-state index contributed by atoms with van der Waals surface area (Å²) in [5, 5.41) is 0. The monoisotopic (exact) mass is 202 g/mol. The second-order valence-electron chi connectivity index (χ2n) is 2.04. The highest BCUT2D eigenvalue weighted by molar-refractivity contribution is 5.92. The third-order valence-electron chi connectivity index (χ3n) is 1.12. The van der Waals surface area contributed by atoms with E-state index < -0.39 is 24.5 Å². The van der Waals surface area contributed by atoms with Gasteiger partial charge in [0.05, 0.1) is 14.2 Å². The molecule has 0 unspecified atom stereocenters. The van der Waals surface area contributed by atoms with Crippen LogP contribution in [0.5, 0.6) is 0 Å². The van der Waals surface area contributed by atoms with Gasteiger partial charge in [0.15, 0.2) is 6.61 Å². The Morgan fingerprint density at radius 3 is 2.07 bits per heavy atom. The maximum absolute atomic E-state index is 10.8. The molecular formula is C8H10O6. The van der Waals surface area contributed by atoms with Gasteiger partial charge in [0.25, 0.3) is 0 Å². The lowest BCUT2D eigenvalue weighted by Gasteiger charge is -1.98. The van der Waals surface area contributed by atoms with Crippen molar-refractivity contribution in [2.24, 2.45) is 0 Å². The topological polar surface area (TPSA) is 78.9 Å². The molecular weight excluding hydrogens is 192 g/mol. The van der Waals surface area contributed by atoms with Crippen molar-refractivity contribution in [3.8, 4) is 0 Å². The second kappa shape index (κ2) is 6.64. The summed E-state index contributed by atoms with van der Waals surface area (Å²) in [5.74, 6) is -2.18. The van der Waals surface area contributed by atoms with Crippen LogP contribution in [0.2, 0.25) is 0 Å². The van der Waals surface area contributed by atoms with E-state index in [0.29, 0.717) is 0 Å². The lowest BCUT2D eigenvalue weighted by atomic mass is 10.5. The molecule has 0 aromatic rings. The van der Waals surface area contributed by atoms with E-state index in [2.05, 4.69) is 14.2 Å². The highest BCUT2D eigenvalue weighted by Gasteiger charge is 2.04. The summed E-state index contributed by atoms with van der Waals surface area (Å²) in [5.41, 5.74) is 0. The van der Waals surface area contributed by atoms with Crippen LogP contribution in [0.15, 0.2) is 12.2 Å². The first-order valence-corrected chi connectivity index (χ1v) is 3.59. The molecule has 0 rings (SSSR count). The molecule has 0 saturated carbocycles. The Labute approximate surface area is 80.4 Å². The first-order chi connectivity index (χ1) is 6.60. The third-order valence-corrected chi connectivity index (χ3v) is 1.12. The van der Waals surface area contributed by atoms with Crippen molar-refractivity contribution in [3.63, 3.8) is 0 Å². The average molecular weight is 202 g/mol. The summed E-state index contributed by atoms with van der Waals surface area (Å²) in [7, 11) is 2.34. The number of carbonyl (C=O) groups excluding carboxylic acids is 3. The number of methoxy groups -OCH3 is 2. The van der Waals surface area contributed by atoms with Gasteiger partial charge in [-0.15, -0.1) is 0 Å². The Hall–Kier alpha value is -1.85. The Balaban J connectivity index is 3.81. The zero-order valence-corrected chi connectivity index (χ0v) is 7.81. The zero-order valence-electron chi connectivity index (χ0n) is 7.81. The zero-order chi connectivity index (χ0) is 11.0. The maximum atomic E-state index is 10.8. The molecule has 78 valence electrons. The number of rotatable bonds is 4. The van der Waals surface area contributed by atoms with Gasteiger partial charge in [-0.3, -0.25) is 0 Å². The van der Waals surface area contributed by atoms with Crippen molar-refractivity contribution in [1.82, 2.24) is 0 Å². The van der Waals surface area contributed by atoms with Gasteiger partial charge in [-0.1, -0.05) is 0 Å². The molecule has 0 aromatic carbocycles. The van der Waals surface area contributed by atoms with Gasteiger partial charge in [0, 0.05) is 12.2 Å². The van der Waals surface area contributed by atoms with Crippen molar-refractivity contribution in [2.45, 2.75) is 0 Å². The van der Waals surface area contributed by atoms with Crippen LogP contribution in [0.1, 0.15) is 0 Å². The fourth-order valence-electron chi connectivity index (χ4n) is 0.441. The summed E-state index contributed by atoms with van der Waals surface area (Å²) in [4.78, 5) is 31.8. The van der Waals surface area contributed by atoms with Crippen LogP contribution < -0.4 is 0 Å². The van der Waals surface area contributed by atoms with E-state index in [-0.39, 0.29) is 0 Å². The largest absolute Gasteiger partial charge is 0.466 e. The SMILES string of the molecule is COC(=O)/C=C/C(=O)OCC(=O)OC. The normalized spacial score (nSPS) is 9.57. The summed E-state index contributed by atoms with van der Waals surface area (Å²) in [6.45, 7) is -0.485. The molecule has 0 fully saturated rings. The molecule has 0 N–H and O–H groups in total. The fraction of sp³-hybridized carbons (Fsp3) is 0.375. The first kappa shape index (κ1) is 12.2. The maximum Gasteiger partial charge on any atom is 0.344 e. The van der Waals surface area contributed by atoms with E-state index in [9.17, 15) is 14.4 Å². The van der Waals surface area contributed by atoms with E-state index >= 15 is 0 Å². The molecule has 0 aliphatic carbocycles. The van der Waals surface area contributed by atoms with Gasteiger partial charge < -0.3 is 14.2 Å². The van der Waals surface area contributed by atoms with Gasteiger partial charge in [-0.2, -0.15) is 0 Å². The molecule has 6 heteroatoms. The first-order valence-electron chi connectivity index (χ1n) is 3.59. The molecule has 0 saturated heterocycles. The highest BCUT2D eigenvalue weighted by atomic mass is 16.6. The number of hydrogen-bond donors (Lipinski definition) is 0. The van der Waals surface area contributed by atoms with Crippen LogP contribution in [-0.2, 0) is 28.6 Å². The molecule has 0 aliphatic rings. The number of esters is 3. The third kappa shape index (κ3) is 5.76. The van der Waals surface area contributed by atoms with Crippen LogP contribution in [0.25, 0.3) is 0 Å². The highest BCUT2D eigenvalue weighted by Crippen LogP contribution is 1.85. The van der Waals surface area contributed by atoms with Gasteiger partial charge in [-0.25, -0.2) is 14.4 Å². The molecule has 6 nitrogen and oxygen atoms in total. The molecule has 0 aromatic heterocycles. The fourth-order valence-corrected chi connectivity index (χ4v) is 0.441. The summed E-state index contributed by atoms with van der Waals surface area (Å²) < 4.78 is 12.8. The minimum atomic E-state index is -0.819. The van der Waals surface area contributed by atoms with E-state index in [1.165, 1.54) is 14.2 Å². The van der Waals surface area contributed by atoms with Crippen molar-refractivity contribution in [1.29, 1.82) is 0 Å². The summed E-state index contributed by atoms with van der Waals surface area (Å²) in [6, 6.07) is 0. The molecule has 0 radical (unpaired) electrons. The molecule has 0 aliphatic heterocycles. The lowest BCUT2D eigenvalue weighted by molar-refractivity contribution is -0.154. The van der Waals surface area contributed by atoms with Gasteiger partial charge in [0.2, 0.25) is 0 Å². The van der Waals surface area contributed by atoms with Crippen LogP contribution >= 0.6 is 0 Å².